The fourth-order valence-electron chi connectivity index (χ4n) is 4.26. The summed E-state index contributed by atoms with van der Waals surface area (Å²) in [6, 6.07) is 30.6. The number of methoxy groups -OCH3 is 1. The van der Waals surface area contributed by atoms with Crippen LogP contribution in [0.15, 0.2) is 102 Å². The predicted octanol–water partition coefficient (Wildman–Crippen LogP) is 7.22. The number of nitrogens with zero attached hydrogens (tertiary/aromatic N) is 2. The number of rotatable bonds is 8. The molecule has 39 heavy (non-hydrogen) atoms. The predicted molar refractivity (Wildman–Crippen MR) is 156 cm³/mol. The molecular weight excluding hydrogens is 510 g/mol. The molecule has 1 N–H and O–H groups in total. The molecule has 0 fully saturated rings. The molecule has 0 atom stereocenters. The second kappa shape index (κ2) is 11.8. The molecule has 6 nitrogen and oxygen atoms in total. The second-order valence-corrected chi connectivity index (χ2v) is 9.36. The van der Waals surface area contributed by atoms with Gasteiger partial charge < -0.3 is 9.47 Å². The fourth-order valence-corrected chi connectivity index (χ4v) is 4.53. The van der Waals surface area contributed by atoms with E-state index >= 15 is 0 Å². The third-order valence-electron chi connectivity index (χ3n) is 6.13. The maximum Gasteiger partial charge on any atom is 0.272 e. The summed E-state index contributed by atoms with van der Waals surface area (Å²) >= 11 is 6.53. The molecular formula is C32H26ClN3O3. The third kappa shape index (κ3) is 6.08. The Morgan fingerprint density at radius 1 is 0.974 bits per heavy atom. The van der Waals surface area contributed by atoms with Gasteiger partial charge in [0.15, 0.2) is 11.5 Å². The maximum absolute atomic E-state index is 13.2. The highest BCUT2D eigenvalue weighted by molar-refractivity contribution is 6.32. The van der Waals surface area contributed by atoms with E-state index in [9.17, 15) is 4.79 Å². The summed E-state index contributed by atoms with van der Waals surface area (Å²) in [5.41, 5.74) is 8.29. The van der Waals surface area contributed by atoms with E-state index < -0.39 is 0 Å². The van der Waals surface area contributed by atoms with E-state index in [-0.39, 0.29) is 5.91 Å². The number of aromatic nitrogens is 1. The van der Waals surface area contributed by atoms with E-state index in [1.165, 1.54) is 6.21 Å². The van der Waals surface area contributed by atoms with E-state index in [4.69, 9.17) is 26.1 Å². The van der Waals surface area contributed by atoms with E-state index in [0.29, 0.717) is 39.9 Å². The molecule has 0 aliphatic heterocycles. The number of benzene rings is 4. The van der Waals surface area contributed by atoms with Crippen molar-refractivity contribution < 1.29 is 14.3 Å². The molecule has 0 aliphatic rings. The van der Waals surface area contributed by atoms with Gasteiger partial charge in [-0.2, -0.15) is 5.10 Å². The molecule has 5 aromatic rings. The number of nitrogens with one attached hydrogen (secondary N) is 1. The Kier molecular flexibility index (Phi) is 7.85. The zero-order valence-corrected chi connectivity index (χ0v) is 22.3. The quantitative estimate of drug-likeness (QED) is 0.168. The minimum Gasteiger partial charge on any atom is -0.493 e. The van der Waals surface area contributed by atoms with Gasteiger partial charge in [-0.05, 0) is 42.3 Å². The van der Waals surface area contributed by atoms with Crippen LogP contribution in [-0.4, -0.2) is 24.2 Å². The molecule has 5 rings (SSSR count). The van der Waals surface area contributed by atoms with Crippen molar-refractivity contribution in [2.75, 3.05) is 7.11 Å². The molecule has 0 aliphatic carbocycles. The van der Waals surface area contributed by atoms with Crippen molar-refractivity contribution in [2.45, 2.75) is 13.5 Å². The molecule has 0 bridgehead atoms. The van der Waals surface area contributed by atoms with Gasteiger partial charge >= 0.3 is 0 Å². The lowest BCUT2D eigenvalue weighted by atomic mass is 10.0. The average Bonchev–Trinajstić information content (AvgIpc) is 2.96. The largest absolute Gasteiger partial charge is 0.493 e. The van der Waals surface area contributed by atoms with Crippen LogP contribution in [0.4, 0.5) is 0 Å². The lowest BCUT2D eigenvalue weighted by Crippen LogP contribution is -2.18. The normalized spacial score (nSPS) is 11.1. The maximum atomic E-state index is 13.2. The van der Waals surface area contributed by atoms with Crippen molar-refractivity contribution in [3.8, 4) is 22.8 Å². The number of hydrogen-bond donors (Lipinski definition) is 1. The van der Waals surface area contributed by atoms with Gasteiger partial charge in [0.1, 0.15) is 6.61 Å². The van der Waals surface area contributed by atoms with Crippen LogP contribution in [0.3, 0.4) is 0 Å². The summed E-state index contributed by atoms with van der Waals surface area (Å²) in [6.07, 6.45) is 1.51. The summed E-state index contributed by atoms with van der Waals surface area (Å²) in [5, 5.41) is 5.29. The summed E-state index contributed by atoms with van der Waals surface area (Å²) in [6.45, 7) is 2.38. The second-order valence-electron chi connectivity index (χ2n) is 8.95. The average molecular weight is 536 g/mol. The van der Waals surface area contributed by atoms with Crippen LogP contribution < -0.4 is 14.9 Å². The Morgan fingerprint density at radius 3 is 2.56 bits per heavy atom. The van der Waals surface area contributed by atoms with Crippen molar-refractivity contribution in [1.29, 1.82) is 0 Å². The van der Waals surface area contributed by atoms with Gasteiger partial charge in [-0.3, -0.25) is 4.79 Å². The monoisotopic (exact) mass is 535 g/mol. The van der Waals surface area contributed by atoms with Gasteiger partial charge in [0.25, 0.3) is 5.91 Å². The summed E-state index contributed by atoms with van der Waals surface area (Å²) in [4.78, 5) is 17.9. The van der Waals surface area contributed by atoms with E-state index in [1.54, 1.807) is 25.3 Å². The number of fused-ring (bicyclic) bond motifs is 1. The van der Waals surface area contributed by atoms with Gasteiger partial charge in [0.05, 0.1) is 35.1 Å². The minimum absolute atomic E-state index is 0.349. The topological polar surface area (TPSA) is 72.8 Å². The molecule has 4 aromatic carbocycles. The lowest BCUT2D eigenvalue weighted by Gasteiger charge is -2.13. The van der Waals surface area contributed by atoms with Crippen LogP contribution in [0.25, 0.3) is 22.2 Å². The Hall–Kier alpha value is -4.68. The Labute approximate surface area is 231 Å². The molecule has 0 saturated carbocycles. The number of halogens is 1. The van der Waals surface area contributed by atoms with Crippen molar-refractivity contribution in [2.24, 2.45) is 5.10 Å². The number of carbonyl (C=O) groups excluding carboxylic acids is 1. The number of pyridine rings is 1. The van der Waals surface area contributed by atoms with Crippen LogP contribution in [-0.2, 0) is 6.61 Å². The first-order valence-corrected chi connectivity index (χ1v) is 12.7. The van der Waals surface area contributed by atoms with Gasteiger partial charge in [0.2, 0.25) is 0 Å². The van der Waals surface area contributed by atoms with Crippen LogP contribution in [0.5, 0.6) is 11.5 Å². The smallest absolute Gasteiger partial charge is 0.272 e. The van der Waals surface area contributed by atoms with Crippen LogP contribution in [0, 0.1) is 6.92 Å². The number of hydrogen-bond acceptors (Lipinski definition) is 5. The first kappa shape index (κ1) is 25.9. The Morgan fingerprint density at radius 2 is 1.77 bits per heavy atom. The molecule has 0 unspecified atom stereocenters. The Balaban J connectivity index is 1.35. The lowest BCUT2D eigenvalue weighted by molar-refractivity contribution is 0.0956. The zero-order chi connectivity index (χ0) is 27.2. The first-order valence-electron chi connectivity index (χ1n) is 12.4. The van der Waals surface area contributed by atoms with Gasteiger partial charge in [-0.25, -0.2) is 10.4 Å². The molecule has 0 spiro atoms. The highest BCUT2D eigenvalue weighted by Gasteiger charge is 2.15. The highest BCUT2D eigenvalue weighted by Crippen LogP contribution is 2.36. The van der Waals surface area contributed by atoms with Crippen LogP contribution in [0.1, 0.15) is 27.0 Å². The van der Waals surface area contributed by atoms with Crippen LogP contribution in [0.2, 0.25) is 5.02 Å². The number of aryl methyl sites for hydroxylation is 1. The third-order valence-corrected chi connectivity index (χ3v) is 6.41. The number of amides is 1. The standard InChI is InChI=1S/C32H26ClN3O3/c1-21-9-8-10-22(15-21)20-39-31-27(33)16-23(17-30(31)38-2)19-34-36-32(37)26-18-29(24-11-4-3-5-12-24)35-28-14-7-6-13-25(26)28/h3-19H,20H2,1-2H3,(H,36,37)/b34-19+. The SMILES string of the molecule is COc1cc(/C=N/NC(=O)c2cc(-c3ccccc3)nc3ccccc23)cc(Cl)c1OCc1cccc(C)c1. The van der Waals surface area contributed by atoms with Gasteiger partial charge in [-0.1, -0.05) is 90.0 Å². The van der Waals surface area contributed by atoms with Crippen molar-refractivity contribution >= 4 is 34.6 Å². The fraction of sp³-hybridized carbons (Fsp3) is 0.0938. The number of ether oxygens (including phenoxy) is 2. The van der Waals surface area contributed by atoms with Crippen LogP contribution >= 0.6 is 11.6 Å². The van der Waals surface area contributed by atoms with Gasteiger partial charge in [0, 0.05) is 10.9 Å². The minimum atomic E-state index is -0.349. The number of carbonyl (C=O) groups is 1. The van der Waals surface area contributed by atoms with E-state index in [1.807, 2.05) is 79.7 Å². The van der Waals surface area contributed by atoms with Crippen molar-refractivity contribution in [3.63, 3.8) is 0 Å². The first-order chi connectivity index (χ1) is 19.0. The highest BCUT2D eigenvalue weighted by atomic mass is 35.5. The molecule has 0 saturated heterocycles. The van der Waals surface area contributed by atoms with Gasteiger partial charge in [-0.15, -0.1) is 0 Å². The zero-order valence-electron chi connectivity index (χ0n) is 21.5. The Bertz CT molecular complexity index is 1670. The van der Waals surface area contributed by atoms with Crippen molar-refractivity contribution in [3.05, 3.63) is 124 Å². The molecule has 1 amide bonds. The number of hydrazone groups is 1. The molecule has 1 aromatic heterocycles. The molecule has 7 heteroatoms. The van der Waals surface area contributed by atoms with E-state index in [0.717, 1.165) is 27.6 Å². The molecule has 1 heterocycles. The summed E-state index contributed by atoms with van der Waals surface area (Å²) in [5.74, 6) is 0.562. The summed E-state index contributed by atoms with van der Waals surface area (Å²) in [7, 11) is 1.55. The van der Waals surface area contributed by atoms with E-state index in [2.05, 4.69) is 16.6 Å². The number of para-hydroxylation sites is 1. The van der Waals surface area contributed by atoms with Crippen molar-refractivity contribution in [1.82, 2.24) is 10.4 Å². The molecule has 194 valence electrons. The molecule has 0 radical (unpaired) electrons. The summed E-state index contributed by atoms with van der Waals surface area (Å²) < 4.78 is 11.5.